The van der Waals surface area contributed by atoms with Crippen molar-refractivity contribution in [1.29, 1.82) is 0 Å². The number of alkyl halides is 6. The van der Waals surface area contributed by atoms with Gasteiger partial charge in [-0.1, -0.05) is 42.5 Å². The lowest BCUT2D eigenvalue weighted by Crippen LogP contribution is -2.55. The third-order valence-electron chi connectivity index (χ3n) is 3.97. The number of halogens is 6. The molecule has 0 atom stereocenters. The molecule has 2 aromatic rings. The highest BCUT2D eigenvalue weighted by Gasteiger charge is 2.73. The number of carbonyl (C=O) groups is 2. The van der Waals surface area contributed by atoms with E-state index in [0.717, 1.165) is 12.1 Å². The van der Waals surface area contributed by atoms with E-state index in [9.17, 15) is 41.0 Å². The first kappa shape index (κ1) is 20.3. The van der Waals surface area contributed by atoms with Crippen molar-refractivity contribution in [2.75, 3.05) is 0 Å². The molecule has 2 rings (SSSR count). The van der Waals surface area contributed by atoms with Gasteiger partial charge in [-0.3, -0.25) is 0 Å². The smallest absolute Gasteiger partial charge is 0.411 e. The molecule has 0 saturated carbocycles. The third kappa shape index (κ3) is 3.11. The summed E-state index contributed by atoms with van der Waals surface area (Å²) in [7, 11) is 0. The van der Waals surface area contributed by atoms with E-state index in [1.165, 1.54) is 6.07 Å². The van der Waals surface area contributed by atoms with Gasteiger partial charge in [0.05, 0.1) is 11.1 Å². The van der Waals surface area contributed by atoms with Crippen LogP contribution >= 0.6 is 0 Å². The first-order valence-electron chi connectivity index (χ1n) is 7.14. The summed E-state index contributed by atoms with van der Waals surface area (Å²) in [6.45, 7) is 0. The number of carboxylic acids is 2. The molecule has 0 saturated heterocycles. The van der Waals surface area contributed by atoms with Crippen molar-refractivity contribution < 1.29 is 46.1 Å². The zero-order valence-corrected chi connectivity index (χ0v) is 13.1. The minimum absolute atomic E-state index is 0.323. The number of rotatable bonds is 4. The molecule has 0 bridgehead atoms. The number of benzene rings is 2. The molecule has 0 aliphatic rings. The first-order chi connectivity index (χ1) is 12.4. The minimum atomic E-state index is -6.02. The Morgan fingerprint density at radius 2 is 1.22 bits per heavy atom. The number of hydrogen-bond acceptors (Lipinski definition) is 2. The fourth-order valence-corrected chi connectivity index (χ4v) is 2.91. The van der Waals surface area contributed by atoms with Crippen molar-refractivity contribution in [2.45, 2.75) is 17.8 Å². The number of hydrogen-bond donors (Lipinski definition) is 2. The second-order valence-electron chi connectivity index (χ2n) is 5.45. The van der Waals surface area contributed by atoms with Crippen molar-refractivity contribution in [3.63, 3.8) is 0 Å². The number of carboxylic acid groups (broad SMARTS) is 2. The molecule has 0 spiro atoms. The van der Waals surface area contributed by atoms with Crippen molar-refractivity contribution >= 4 is 11.9 Å². The lowest BCUT2D eigenvalue weighted by Gasteiger charge is -2.39. The van der Waals surface area contributed by atoms with Crippen LogP contribution in [0.2, 0.25) is 0 Å². The van der Waals surface area contributed by atoms with Gasteiger partial charge in [-0.15, -0.1) is 0 Å². The quantitative estimate of drug-likeness (QED) is 0.752. The molecule has 0 radical (unpaired) electrons. The highest BCUT2D eigenvalue weighted by molar-refractivity contribution is 6.03. The monoisotopic (exact) mass is 392 g/mol. The molecule has 0 aliphatic carbocycles. The Hall–Kier alpha value is -3.04. The summed E-state index contributed by atoms with van der Waals surface area (Å²) in [5.41, 5.74) is -10.5. The van der Waals surface area contributed by atoms with E-state index in [4.69, 9.17) is 5.11 Å². The van der Waals surface area contributed by atoms with Gasteiger partial charge >= 0.3 is 24.3 Å². The zero-order valence-electron chi connectivity index (χ0n) is 13.1. The first-order valence-corrected chi connectivity index (χ1v) is 7.14. The lowest BCUT2D eigenvalue weighted by atomic mass is 9.70. The van der Waals surface area contributed by atoms with Gasteiger partial charge in [0, 0.05) is 0 Å². The summed E-state index contributed by atoms with van der Waals surface area (Å²) in [5.74, 6) is -4.20. The molecule has 10 heteroatoms. The summed E-state index contributed by atoms with van der Waals surface area (Å²) in [6, 6.07) is 5.75. The fraction of sp³-hybridized carbons (Fsp3) is 0.176. The average molecular weight is 392 g/mol. The molecule has 0 aromatic heterocycles. The van der Waals surface area contributed by atoms with E-state index >= 15 is 0 Å². The number of aromatic carboxylic acids is 2. The molecule has 0 fully saturated rings. The summed E-state index contributed by atoms with van der Waals surface area (Å²) in [5, 5.41) is 18.3. The molecular formula is C17H10F6O4. The summed E-state index contributed by atoms with van der Waals surface area (Å²) in [6.07, 6.45) is -12.0. The van der Waals surface area contributed by atoms with E-state index in [1.54, 1.807) is 0 Å². The normalized spacial score (nSPS) is 12.7. The Kier molecular flexibility index (Phi) is 4.96. The van der Waals surface area contributed by atoms with E-state index in [2.05, 4.69) is 0 Å². The van der Waals surface area contributed by atoms with Crippen LogP contribution in [0.1, 0.15) is 31.8 Å². The predicted octanol–water partition coefficient (Wildman–Crippen LogP) is 4.49. The van der Waals surface area contributed by atoms with Crippen LogP contribution in [0, 0.1) is 0 Å². The Bertz CT molecular complexity index is 857. The topological polar surface area (TPSA) is 74.6 Å². The van der Waals surface area contributed by atoms with Gasteiger partial charge in [0.25, 0.3) is 0 Å². The van der Waals surface area contributed by atoms with Crippen LogP contribution in [-0.2, 0) is 5.41 Å². The van der Waals surface area contributed by atoms with Crippen molar-refractivity contribution in [3.8, 4) is 0 Å². The van der Waals surface area contributed by atoms with Gasteiger partial charge in [0.1, 0.15) is 0 Å². The van der Waals surface area contributed by atoms with Gasteiger partial charge in [0.2, 0.25) is 5.41 Å². The Labute approximate surface area is 147 Å². The fourth-order valence-electron chi connectivity index (χ4n) is 2.91. The Morgan fingerprint density at radius 3 is 1.63 bits per heavy atom. The molecule has 0 amide bonds. The second-order valence-corrected chi connectivity index (χ2v) is 5.45. The van der Waals surface area contributed by atoms with Crippen LogP contribution < -0.4 is 0 Å². The van der Waals surface area contributed by atoms with Crippen molar-refractivity contribution in [2.24, 2.45) is 0 Å². The maximum Gasteiger partial charge on any atom is 0.411 e. The van der Waals surface area contributed by atoms with E-state index in [1.807, 2.05) is 0 Å². The minimum Gasteiger partial charge on any atom is -0.478 e. The molecule has 0 unspecified atom stereocenters. The van der Waals surface area contributed by atoms with Gasteiger partial charge in [0.15, 0.2) is 0 Å². The largest absolute Gasteiger partial charge is 0.478 e. The summed E-state index contributed by atoms with van der Waals surface area (Å²) < 4.78 is 83.8. The highest BCUT2D eigenvalue weighted by atomic mass is 19.4. The molecule has 2 N–H and O–H groups in total. The second kappa shape index (κ2) is 6.60. The molecule has 4 nitrogen and oxygen atoms in total. The molecule has 0 heterocycles. The van der Waals surface area contributed by atoms with Crippen molar-refractivity contribution in [3.05, 3.63) is 70.8 Å². The predicted molar refractivity (Wildman–Crippen MR) is 79.7 cm³/mol. The van der Waals surface area contributed by atoms with Crippen LogP contribution in [0.4, 0.5) is 26.3 Å². The highest BCUT2D eigenvalue weighted by Crippen LogP contribution is 2.57. The molecular weight excluding hydrogens is 382 g/mol. The summed E-state index contributed by atoms with van der Waals surface area (Å²) in [4.78, 5) is 22.7. The van der Waals surface area contributed by atoms with Crippen LogP contribution in [0.25, 0.3) is 0 Å². The van der Waals surface area contributed by atoms with Gasteiger partial charge in [-0.2, -0.15) is 26.3 Å². The third-order valence-corrected chi connectivity index (χ3v) is 3.97. The maximum atomic E-state index is 14.0. The molecule has 27 heavy (non-hydrogen) atoms. The molecule has 144 valence electrons. The lowest BCUT2D eigenvalue weighted by molar-refractivity contribution is -0.288. The van der Waals surface area contributed by atoms with E-state index in [-0.39, 0.29) is 0 Å². The van der Waals surface area contributed by atoms with E-state index in [0.29, 0.717) is 30.3 Å². The SMILES string of the molecule is O=C(O)c1cccc(C(c2ccccc2)(C(F)(F)F)C(F)(F)F)c1C(=O)O. The Balaban J connectivity index is 3.12. The summed E-state index contributed by atoms with van der Waals surface area (Å²) >= 11 is 0. The Morgan fingerprint density at radius 1 is 0.704 bits per heavy atom. The van der Waals surface area contributed by atoms with E-state index < -0.39 is 52.0 Å². The van der Waals surface area contributed by atoms with Crippen LogP contribution in [-0.4, -0.2) is 34.5 Å². The van der Waals surface area contributed by atoms with Gasteiger partial charge in [-0.25, -0.2) is 9.59 Å². The molecule has 0 aliphatic heterocycles. The average Bonchev–Trinajstić information content (AvgIpc) is 2.53. The van der Waals surface area contributed by atoms with Gasteiger partial charge in [-0.05, 0) is 17.2 Å². The maximum absolute atomic E-state index is 14.0. The van der Waals surface area contributed by atoms with Crippen LogP contribution in [0.5, 0.6) is 0 Å². The standard InChI is InChI=1S/C17H10F6O4/c18-16(19,20)15(17(21,22)23,9-5-2-1-3-6-9)11-8-4-7-10(13(24)25)12(11)14(26)27/h1-8H,(H,24,25)(H,26,27). The van der Waals surface area contributed by atoms with Crippen LogP contribution in [0.15, 0.2) is 48.5 Å². The van der Waals surface area contributed by atoms with Crippen molar-refractivity contribution in [1.82, 2.24) is 0 Å². The zero-order chi connectivity index (χ0) is 20.6. The van der Waals surface area contributed by atoms with Gasteiger partial charge < -0.3 is 10.2 Å². The van der Waals surface area contributed by atoms with Crippen LogP contribution in [0.3, 0.4) is 0 Å². The molecule has 2 aromatic carbocycles.